The molecule has 1 heterocycles. The number of amides is 1. The number of benzene rings is 3. The van der Waals surface area contributed by atoms with Crippen molar-refractivity contribution in [2.75, 3.05) is 36.4 Å². The average Bonchev–Trinajstić information content (AvgIpc) is 2.76. The molecule has 0 unspecified atom stereocenters. The molecule has 1 amide bonds. The van der Waals surface area contributed by atoms with Gasteiger partial charge in [-0.15, -0.1) is 0 Å². The topological polar surface area (TPSA) is 35.6 Å². The molecule has 3 aromatic rings. The maximum Gasteiger partial charge on any atom is 0.255 e. The van der Waals surface area contributed by atoms with Crippen LogP contribution in [0.15, 0.2) is 66.7 Å². The first-order valence-corrected chi connectivity index (χ1v) is 11.1. The normalized spacial score (nSPS) is 14.5. The van der Waals surface area contributed by atoms with Crippen molar-refractivity contribution in [2.24, 2.45) is 0 Å². The Kier molecular flexibility index (Phi) is 6.81. The number of piperazine rings is 1. The molecule has 160 valence electrons. The van der Waals surface area contributed by atoms with Gasteiger partial charge in [-0.3, -0.25) is 9.69 Å². The Morgan fingerprint density at radius 1 is 0.903 bits per heavy atom. The van der Waals surface area contributed by atoms with Crippen LogP contribution < -0.4 is 10.2 Å². The average molecular weight is 454 g/mol. The number of halogens is 2. The summed E-state index contributed by atoms with van der Waals surface area (Å²) in [4.78, 5) is 17.2. The number of hydrogen-bond acceptors (Lipinski definition) is 3. The monoisotopic (exact) mass is 453 g/mol. The Balaban J connectivity index is 1.36. The summed E-state index contributed by atoms with van der Waals surface area (Å²) in [5.74, 6) is -0.138. The lowest BCUT2D eigenvalue weighted by atomic mass is 10.1. The van der Waals surface area contributed by atoms with E-state index in [9.17, 15) is 4.79 Å². The van der Waals surface area contributed by atoms with E-state index in [-0.39, 0.29) is 5.91 Å². The number of carbonyl (C=O) groups is 1. The second kappa shape index (κ2) is 9.73. The predicted molar refractivity (Wildman–Crippen MR) is 130 cm³/mol. The van der Waals surface area contributed by atoms with Crippen LogP contribution in [0.5, 0.6) is 0 Å². The number of rotatable bonds is 5. The summed E-state index contributed by atoms with van der Waals surface area (Å²) in [6.07, 6.45) is 0. The van der Waals surface area contributed by atoms with Gasteiger partial charge in [-0.25, -0.2) is 0 Å². The van der Waals surface area contributed by atoms with Crippen molar-refractivity contribution in [3.63, 3.8) is 0 Å². The van der Waals surface area contributed by atoms with Crippen molar-refractivity contribution >= 4 is 40.5 Å². The zero-order chi connectivity index (χ0) is 21.8. The first kappa shape index (κ1) is 21.7. The minimum Gasteiger partial charge on any atom is -0.368 e. The Labute approximate surface area is 193 Å². The quantitative estimate of drug-likeness (QED) is 0.523. The van der Waals surface area contributed by atoms with Crippen LogP contribution in [0.25, 0.3) is 0 Å². The highest BCUT2D eigenvalue weighted by atomic mass is 35.5. The fourth-order valence-electron chi connectivity index (χ4n) is 3.85. The van der Waals surface area contributed by atoms with Crippen molar-refractivity contribution in [3.8, 4) is 0 Å². The standard InChI is InChI=1S/C25H25Cl2N3O/c1-18-5-4-7-19(15-18)25(31)28-21-9-10-24(23(27)16-21)30-13-11-29(12-14-30)17-20-6-2-3-8-22(20)26/h2-10,15-16H,11-14,17H2,1H3,(H,28,31). The van der Waals surface area contributed by atoms with E-state index in [1.54, 1.807) is 6.07 Å². The van der Waals surface area contributed by atoms with Gasteiger partial charge >= 0.3 is 0 Å². The Bertz CT molecular complexity index is 1080. The molecular formula is C25H25Cl2N3O. The van der Waals surface area contributed by atoms with E-state index in [1.165, 1.54) is 0 Å². The fraction of sp³-hybridized carbons (Fsp3) is 0.240. The van der Waals surface area contributed by atoms with Gasteiger partial charge in [0.15, 0.2) is 0 Å². The minimum atomic E-state index is -0.138. The number of nitrogens with zero attached hydrogens (tertiary/aromatic N) is 2. The van der Waals surface area contributed by atoms with Gasteiger partial charge in [-0.1, -0.05) is 59.1 Å². The van der Waals surface area contributed by atoms with E-state index in [4.69, 9.17) is 23.2 Å². The number of carbonyl (C=O) groups excluding carboxylic acids is 1. The summed E-state index contributed by atoms with van der Waals surface area (Å²) in [5, 5.41) is 4.39. The first-order valence-electron chi connectivity index (χ1n) is 10.4. The molecular weight excluding hydrogens is 429 g/mol. The minimum absolute atomic E-state index is 0.138. The summed E-state index contributed by atoms with van der Waals surface area (Å²) in [6.45, 7) is 6.47. The molecule has 1 saturated heterocycles. The van der Waals surface area contributed by atoms with Gasteiger partial charge in [-0.05, 0) is 48.9 Å². The SMILES string of the molecule is Cc1cccc(C(=O)Nc2ccc(N3CCN(Cc4ccccc4Cl)CC3)c(Cl)c2)c1. The van der Waals surface area contributed by atoms with Crippen molar-refractivity contribution in [1.29, 1.82) is 0 Å². The Morgan fingerprint density at radius 3 is 2.39 bits per heavy atom. The molecule has 4 nitrogen and oxygen atoms in total. The van der Waals surface area contributed by atoms with E-state index >= 15 is 0 Å². The highest BCUT2D eigenvalue weighted by Gasteiger charge is 2.20. The summed E-state index contributed by atoms with van der Waals surface area (Å²) in [5.41, 5.74) is 4.53. The number of nitrogens with one attached hydrogen (secondary N) is 1. The molecule has 6 heteroatoms. The predicted octanol–water partition coefficient (Wildman–Crippen LogP) is 5.88. The van der Waals surface area contributed by atoms with Crippen LogP contribution in [0.3, 0.4) is 0 Å². The Hall–Kier alpha value is -2.53. The third kappa shape index (κ3) is 5.40. The van der Waals surface area contributed by atoms with Crippen molar-refractivity contribution in [3.05, 3.63) is 93.5 Å². The highest BCUT2D eigenvalue weighted by Crippen LogP contribution is 2.30. The van der Waals surface area contributed by atoms with E-state index in [0.717, 1.165) is 54.6 Å². The van der Waals surface area contributed by atoms with Crippen LogP contribution in [-0.4, -0.2) is 37.0 Å². The van der Waals surface area contributed by atoms with E-state index in [2.05, 4.69) is 21.2 Å². The number of hydrogen-bond donors (Lipinski definition) is 1. The second-order valence-corrected chi connectivity index (χ2v) is 8.66. The van der Waals surface area contributed by atoms with E-state index in [0.29, 0.717) is 16.3 Å². The first-order chi connectivity index (χ1) is 15.0. The van der Waals surface area contributed by atoms with E-state index < -0.39 is 0 Å². The lowest BCUT2D eigenvalue weighted by molar-refractivity contribution is 0.102. The van der Waals surface area contributed by atoms with Gasteiger partial charge in [0.1, 0.15) is 0 Å². The Morgan fingerprint density at radius 2 is 1.68 bits per heavy atom. The molecule has 0 aliphatic carbocycles. The summed E-state index contributed by atoms with van der Waals surface area (Å²) in [7, 11) is 0. The largest absolute Gasteiger partial charge is 0.368 e. The summed E-state index contributed by atoms with van der Waals surface area (Å²) in [6, 6.07) is 21.2. The zero-order valence-electron chi connectivity index (χ0n) is 17.4. The van der Waals surface area contributed by atoms with Crippen LogP contribution in [-0.2, 0) is 6.54 Å². The fourth-order valence-corrected chi connectivity index (χ4v) is 4.34. The molecule has 0 radical (unpaired) electrons. The van der Waals surface area contributed by atoms with Gasteiger partial charge in [0.2, 0.25) is 0 Å². The molecule has 0 aromatic heterocycles. The molecule has 1 N–H and O–H groups in total. The molecule has 3 aromatic carbocycles. The molecule has 1 aliphatic heterocycles. The lowest BCUT2D eigenvalue weighted by Crippen LogP contribution is -2.46. The molecule has 0 saturated carbocycles. The van der Waals surface area contributed by atoms with Crippen LogP contribution in [0, 0.1) is 6.92 Å². The van der Waals surface area contributed by atoms with Crippen LogP contribution in [0.4, 0.5) is 11.4 Å². The molecule has 1 aliphatic rings. The third-order valence-electron chi connectivity index (χ3n) is 5.55. The molecule has 31 heavy (non-hydrogen) atoms. The number of anilines is 2. The summed E-state index contributed by atoms with van der Waals surface area (Å²) >= 11 is 12.9. The lowest BCUT2D eigenvalue weighted by Gasteiger charge is -2.36. The van der Waals surface area contributed by atoms with Crippen LogP contribution in [0.1, 0.15) is 21.5 Å². The molecule has 0 bridgehead atoms. The van der Waals surface area contributed by atoms with Gasteiger partial charge in [0.05, 0.1) is 10.7 Å². The van der Waals surface area contributed by atoms with Gasteiger partial charge in [0, 0.05) is 49.0 Å². The zero-order valence-corrected chi connectivity index (χ0v) is 19.0. The van der Waals surface area contributed by atoms with Gasteiger partial charge in [-0.2, -0.15) is 0 Å². The summed E-state index contributed by atoms with van der Waals surface area (Å²) < 4.78 is 0. The molecule has 0 spiro atoms. The van der Waals surface area contributed by atoms with Crippen molar-refractivity contribution < 1.29 is 4.79 Å². The van der Waals surface area contributed by atoms with Crippen molar-refractivity contribution in [1.82, 2.24) is 4.90 Å². The highest BCUT2D eigenvalue weighted by molar-refractivity contribution is 6.33. The molecule has 4 rings (SSSR count). The van der Waals surface area contributed by atoms with Crippen LogP contribution in [0.2, 0.25) is 10.0 Å². The van der Waals surface area contributed by atoms with Gasteiger partial charge in [0.25, 0.3) is 5.91 Å². The van der Waals surface area contributed by atoms with E-state index in [1.807, 2.05) is 61.5 Å². The smallest absolute Gasteiger partial charge is 0.255 e. The second-order valence-electron chi connectivity index (χ2n) is 7.84. The van der Waals surface area contributed by atoms with Gasteiger partial charge < -0.3 is 10.2 Å². The van der Waals surface area contributed by atoms with Crippen LogP contribution >= 0.6 is 23.2 Å². The molecule has 1 fully saturated rings. The molecule has 0 atom stereocenters. The van der Waals surface area contributed by atoms with Crippen molar-refractivity contribution in [2.45, 2.75) is 13.5 Å². The number of aryl methyl sites for hydroxylation is 1. The maximum atomic E-state index is 12.5. The maximum absolute atomic E-state index is 12.5. The third-order valence-corrected chi connectivity index (χ3v) is 6.22.